The second-order valence-corrected chi connectivity index (χ2v) is 15.6. The predicted molar refractivity (Wildman–Crippen MR) is 248 cm³/mol. The molecule has 6 heteroatoms. The van der Waals surface area contributed by atoms with Crippen molar-refractivity contribution in [2.45, 2.75) is 0 Å². The first-order valence-corrected chi connectivity index (χ1v) is 20.4. The van der Waals surface area contributed by atoms with Crippen molar-refractivity contribution < 1.29 is 8.83 Å². The van der Waals surface area contributed by atoms with E-state index in [1.807, 2.05) is 48.5 Å². The molecule has 6 nitrogen and oxygen atoms in total. The van der Waals surface area contributed by atoms with E-state index in [1.54, 1.807) is 0 Å². The van der Waals surface area contributed by atoms with Gasteiger partial charge in [0.1, 0.15) is 22.3 Å². The van der Waals surface area contributed by atoms with Crippen molar-refractivity contribution >= 4 is 76.5 Å². The van der Waals surface area contributed by atoms with Gasteiger partial charge >= 0.3 is 0 Å². The molecule has 0 unspecified atom stereocenters. The molecule has 0 aliphatic carbocycles. The van der Waals surface area contributed by atoms with Gasteiger partial charge in [0.05, 0.1) is 22.3 Å². The third-order valence-corrected chi connectivity index (χ3v) is 12.0. The number of benzene rings is 9. The van der Waals surface area contributed by atoms with Crippen LogP contribution < -0.4 is 0 Å². The molecule has 0 fully saturated rings. The van der Waals surface area contributed by atoms with E-state index in [0.29, 0.717) is 17.5 Å². The molecule has 0 aliphatic rings. The zero-order valence-electron chi connectivity index (χ0n) is 32.6. The normalized spacial score (nSPS) is 11.9. The summed E-state index contributed by atoms with van der Waals surface area (Å²) in [6, 6.07) is 67.4. The van der Waals surface area contributed by atoms with Gasteiger partial charge in [-0.3, -0.25) is 0 Å². The number of hydrogen-bond acceptors (Lipinski definition) is 5. The van der Waals surface area contributed by atoms with Gasteiger partial charge in [-0.05, 0) is 70.4 Å². The number of furan rings is 2. The van der Waals surface area contributed by atoms with Gasteiger partial charge in [-0.2, -0.15) is 0 Å². The van der Waals surface area contributed by atoms with E-state index in [1.165, 1.54) is 21.5 Å². The summed E-state index contributed by atoms with van der Waals surface area (Å²) in [6.45, 7) is 0. The molecule has 0 radical (unpaired) electrons. The monoisotopic (exact) mass is 780 g/mol. The minimum atomic E-state index is 0.518. The molecular weight excluding hydrogens is 749 g/mol. The van der Waals surface area contributed by atoms with Gasteiger partial charge in [-0.15, -0.1) is 0 Å². The van der Waals surface area contributed by atoms with E-state index in [9.17, 15) is 0 Å². The first-order valence-electron chi connectivity index (χ1n) is 20.4. The second kappa shape index (κ2) is 13.1. The van der Waals surface area contributed by atoms with Crippen LogP contribution in [0.3, 0.4) is 0 Å². The van der Waals surface area contributed by atoms with Crippen LogP contribution in [0.4, 0.5) is 0 Å². The Hall–Kier alpha value is -8.35. The molecule has 0 aliphatic heterocycles. The van der Waals surface area contributed by atoms with Crippen LogP contribution in [0.15, 0.2) is 203 Å². The molecule has 0 atom stereocenters. The standard InChI is InChI=1S/C55H32N4O2/c1-2-14-33(15-3-1)34-18-12-19-37(28-34)53-56-54(43-24-13-23-41-40-21-7-10-26-48(40)61-52(41)43)58-55(57-53)45-31-38(32-50-51(45)42-22-8-11-27-49(42)60-50)59-46-25-9-6-20-39(46)44-29-35-16-4-5-17-36(35)30-47(44)59/h1-32H. The van der Waals surface area contributed by atoms with Gasteiger partial charge in [0.2, 0.25) is 0 Å². The molecule has 0 saturated carbocycles. The Morgan fingerprint density at radius 3 is 1.82 bits per heavy atom. The molecule has 4 heterocycles. The largest absolute Gasteiger partial charge is 0.456 e. The van der Waals surface area contributed by atoms with Crippen LogP contribution in [0.25, 0.3) is 127 Å². The fourth-order valence-corrected chi connectivity index (χ4v) is 9.22. The Morgan fingerprint density at radius 2 is 0.967 bits per heavy atom. The summed E-state index contributed by atoms with van der Waals surface area (Å²) in [5.41, 5.74) is 10.9. The van der Waals surface area contributed by atoms with E-state index in [0.717, 1.165) is 88.4 Å². The highest BCUT2D eigenvalue weighted by Crippen LogP contribution is 2.42. The summed E-state index contributed by atoms with van der Waals surface area (Å²) < 4.78 is 15.7. The number of rotatable bonds is 5. The van der Waals surface area contributed by atoms with Crippen LogP contribution in [0.1, 0.15) is 0 Å². The van der Waals surface area contributed by atoms with Crippen LogP contribution in [0.5, 0.6) is 0 Å². The molecule has 0 amide bonds. The number of aromatic nitrogens is 4. The van der Waals surface area contributed by atoms with E-state index in [2.05, 4.69) is 150 Å². The van der Waals surface area contributed by atoms with E-state index < -0.39 is 0 Å². The Kier molecular flexibility index (Phi) is 7.21. The van der Waals surface area contributed by atoms with E-state index in [4.69, 9.17) is 23.8 Å². The smallest absolute Gasteiger partial charge is 0.167 e. The van der Waals surface area contributed by atoms with Gasteiger partial charge in [0.25, 0.3) is 0 Å². The highest BCUT2D eigenvalue weighted by atomic mass is 16.3. The first-order chi connectivity index (χ1) is 30.2. The van der Waals surface area contributed by atoms with E-state index >= 15 is 0 Å². The lowest BCUT2D eigenvalue weighted by Gasteiger charge is -2.13. The molecule has 13 rings (SSSR count). The minimum absolute atomic E-state index is 0.518. The molecule has 0 spiro atoms. The van der Waals surface area contributed by atoms with Crippen molar-refractivity contribution in [2.75, 3.05) is 0 Å². The van der Waals surface area contributed by atoms with Crippen molar-refractivity contribution in [2.24, 2.45) is 0 Å². The van der Waals surface area contributed by atoms with Crippen LogP contribution in [-0.2, 0) is 0 Å². The van der Waals surface area contributed by atoms with Gasteiger partial charge in [0, 0.05) is 49.5 Å². The quantitative estimate of drug-likeness (QED) is 0.174. The molecule has 9 aromatic carbocycles. The van der Waals surface area contributed by atoms with Crippen molar-refractivity contribution in [1.82, 2.24) is 19.5 Å². The highest BCUT2D eigenvalue weighted by Gasteiger charge is 2.23. The molecule has 61 heavy (non-hydrogen) atoms. The third kappa shape index (κ3) is 5.26. The Bertz CT molecular complexity index is 3900. The summed E-state index contributed by atoms with van der Waals surface area (Å²) in [5, 5.41) is 8.71. The number of fused-ring (bicyclic) bond motifs is 10. The van der Waals surface area contributed by atoms with E-state index in [-0.39, 0.29) is 0 Å². The maximum atomic E-state index is 6.73. The maximum Gasteiger partial charge on any atom is 0.167 e. The predicted octanol–water partition coefficient (Wildman–Crippen LogP) is 14.6. The average Bonchev–Trinajstić information content (AvgIpc) is 4.00. The molecule has 0 bridgehead atoms. The van der Waals surface area contributed by atoms with Crippen molar-refractivity contribution in [3.05, 3.63) is 194 Å². The molecular formula is C55H32N4O2. The molecule has 13 aromatic rings. The molecule has 284 valence electrons. The van der Waals surface area contributed by atoms with Gasteiger partial charge in [-0.1, -0.05) is 140 Å². The zero-order valence-corrected chi connectivity index (χ0v) is 32.6. The lowest BCUT2D eigenvalue weighted by Crippen LogP contribution is -2.02. The van der Waals surface area contributed by atoms with Gasteiger partial charge in [-0.25, -0.2) is 15.0 Å². The SMILES string of the molecule is c1ccc(-c2cccc(-c3nc(-c4cccc5c4oc4ccccc45)nc(-c4cc(-n5c6ccccc6c6cc7ccccc7cc65)cc5oc6ccccc6c45)n3)c2)cc1. The highest BCUT2D eigenvalue weighted by molar-refractivity contribution is 6.16. The fourth-order valence-electron chi connectivity index (χ4n) is 9.22. The minimum Gasteiger partial charge on any atom is -0.456 e. The zero-order chi connectivity index (χ0) is 40.0. The van der Waals surface area contributed by atoms with Crippen molar-refractivity contribution in [3.63, 3.8) is 0 Å². The fraction of sp³-hybridized carbons (Fsp3) is 0. The Morgan fingerprint density at radius 1 is 0.344 bits per heavy atom. The van der Waals surface area contributed by atoms with Crippen LogP contribution >= 0.6 is 0 Å². The summed E-state index contributed by atoms with van der Waals surface area (Å²) in [6.07, 6.45) is 0. The topological polar surface area (TPSA) is 69.9 Å². The van der Waals surface area contributed by atoms with Crippen molar-refractivity contribution in [3.8, 4) is 51.0 Å². The second-order valence-electron chi connectivity index (χ2n) is 15.6. The van der Waals surface area contributed by atoms with Gasteiger partial charge < -0.3 is 13.4 Å². The maximum absolute atomic E-state index is 6.73. The van der Waals surface area contributed by atoms with Crippen LogP contribution in [0, 0.1) is 0 Å². The number of para-hydroxylation sites is 4. The average molecular weight is 781 g/mol. The summed E-state index contributed by atoms with van der Waals surface area (Å²) in [5.74, 6) is 1.60. The van der Waals surface area contributed by atoms with Crippen LogP contribution in [0.2, 0.25) is 0 Å². The Balaban J connectivity index is 1.12. The lowest BCUT2D eigenvalue weighted by molar-refractivity contribution is 0.668. The molecule has 4 aromatic heterocycles. The summed E-state index contributed by atoms with van der Waals surface area (Å²) in [7, 11) is 0. The number of nitrogens with zero attached hydrogens (tertiary/aromatic N) is 4. The Labute approximate surface area is 348 Å². The molecule has 0 saturated heterocycles. The number of hydrogen-bond donors (Lipinski definition) is 0. The third-order valence-electron chi connectivity index (χ3n) is 12.0. The molecule has 0 N–H and O–H groups in total. The summed E-state index contributed by atoms with van der Waals surface area (Å²) >= 11 is 0. The van der Waals surface area contributed by atoms with Gasteiger partial charge in [0.15, 0.2) is 17.5 Å². The first kappa shape index (κ1) is 33.6. The van der Waals surface area contributed by atoms with Crippen molar-refractivity contribution in [1.29, 1.82) is 0 Å². The van der Waals surface area contributed by atoms with Crippen LogP contribution in [-0.4, -0.2) is 19.5 Å². The lowest BCUT2D eigenvalue weighted by atomic mass is 10.0. The summed E-state index contributed by atoms with van der Waals surface area (Å²) in [4.78, 5) is 16.0.